The third-order valence-electron chi connectivity index (χ3n) is 4.40. The van der Waals surface area contributed by atoms with Crippen molar-refractivity contribution in [1.29, 1.82) is 0 Å². The fourth-order valence-electron chi connectivity index (χ4n) is 3.02. The fraction of sp³-hybridized carbons (Fsp3) is 0.500. The van der Waals surface area contributed by atoms with Crippen LogP contribution in [0.2, 0.25) is 0 Å². The largest absolute Gasteiger partial charge is 0.488 e. The van der Waals surface area contributed by atoms with Crippen molar-refractivity contribution in [2.45, 2.75) is 39.7 Å². The van der Waals surface area contributed by atoms with Crippen molar-refractivity contribution in [1.82, 2.24) is 9.88 Å². The summed E-state index contributed by atoms with van der Waals surface area (Å²) in [5, 5.41) is 1.05. The van der Waals surface area contributed by atoms with Gasteiger partial charge < -0.3 is 14.4 Å². The van der Waals surface area contributed by atoms with Crippen LogP contribution in [-0.4, -0.2) is 41.8 Å². The van der Waals surface area contributed by atoms with Crippen molar-refractivity contribution in [3.63, 3.8) is 0 Å². The Balaban J connectivity index is 1.64. The van der Waals surface area contributed by atoms with E-state index in [1.807, 2.05) is 39.0 Å². The lowest BCUT2D eigenvalue weighted by atomic mass is 10.1. The maximum Gasteiger partial charge on any atom is 0.409 e. The molecule has 26 heavy (non-hydrogen) atoms. The molecule has 0 atom stereocenters. The zero-order valence-electron chi connectivity index (χ0n) is 15.5. The number of amides is 1. The third-order valence-corrected chi connectivity index (χ3v) is 4.85. The van der Waals surface area contributed by atoms with Crippen LogP contribution in [0, 0.1) is 12.8 Å². The molecular formula is C20H25BrN2O3. The van der Waals surface area contributed by atoms with Gasteiger partial charge in [-0.25, -0.2) is 9.78 Å². The zero-order chi connectivity index (χ0) is 18.7. The van der Waals surface area contributed by atoms with E-state index < -0.39 is 0 Å². The first-order chi connectivity index (χ1) is 12.4. The molecule has 1 fully saturated rings. The van der Waals surface area contributed by atoms with Crippen LogP contribution in [0.3, 0.4) is 0 Å². The molecule has 5 nitrogen and oxygen atoms in total. The lowest BCUT2D eigenvalue weighted by Crippen LogP contribution is -2.42. The standard InChI is InChI=1S/C20H25BrN2O3/c1-13(2)12-25-20(24)23-8-6-17(7-9-23)26-18-11-16(21)10-15-5-4-14(3)22-19(15)18/h4-5,10-11,13,17H,6-9,12H2,1-3H3. The Kier molecular flexibility index (Phi) is 6.01. The highest BCUT2D eigenvalue weighted by molar-refractivity contribution is 9.10. The summed E-state index contributed by atoms with van der Waals surface area (Å²) in [6.07, 6.45) is 1.43. The molecule has 1 aromatic heterocycles. The van der Waals surface area contributed by atoms with Crippen LogP contribution < -0.4 is 4.74 Å². The molecule has 2 aromatic rings. The average molecular weight is 421 g/mol. The van der Waals surface area contributed by atoms with Crippen LogP contribution in [0.4, 0.5) is 4.79 Å². The van der Waals surface area contributed by atoms with Crippen LogP contribution in [0.1, 0.15) is 32.4 Å². The number of nitrogens with zero attached hydrogens (tertiary/aromatic N) is 2. The monoisotopic (exact) mass is 420 g/mol. The number of hydrogen-bond acceptors (Lipinski definition) is 4. The molecule has 1 aliphatic heterocycles. The first-order valence-electron chi connectivity index (χ1n) is 9.07. The Labute approximate surface area is 162 Å². The number of halogens is 1. The van der Waals surface area contributed by atoms with Gasteiger partial charge in [-0.1, -0.05) is 35.8 Å². The van der Waals surface area contributed by atoms with Crippen LogP contribution in [0.25, 0.3) is 10.9 Å². The smallest absolute Gasteiger partial charge is 0.409 e. The number of fused-ring (bicyclic) bond motifs is 1. The van der Waals surface area contributed by atoms with E-state index in [1.165, 1.54) is 0 Å². The number of ether oxygens (including phenoxy) is 2. The van der Waals surface area contributed by atoms with Crippen molar-refractivity contribution in [3.8, 4) is 5.75 Å². The molecule has 1 saturated heterocycles. The Morgan fingerprint density at radius 1 is 1.31 bits per heavy atom. The highest BCUT2D eigenvalue weighted by atomic mass is 79.9. The van der Waals surface area contributed by atoms with Gasteiger partial charge in [0.1, 0.15) is 17.4 Å². The average Bonchev–Trinajstić information content (AvgIpc) is 2.61. The van der Waals surface area contributed by atoms with Crippen molar-refractivity contribution in [2.75, 3.05) is 19.7 Å². The molecule has 0 aliphatic carbocycles. The van der Waals surface area contributed by atoms with Gasteiger partial charge in [-0.05, 0) is 31.0 Å². The van der Waals surface area contributed by atoms with E-state index in [1.54, 1.807) is 4.90 Å². The molecule has 140 valence electrons. The summed E-state index contributed by atoms with van der Waals surface area (Å²) in [4.78, 5) is 18.5. The van der Waals surface area contributed by atoms with Gasteiger partial charge in [-0.2, -0.15) is 0 Å². The van der Waals surface area contributed by atoms with E-state index in [-0.39, 0.29) is 12.2 Å². The van der Waals surface area contributed by atoms with E-state index in [4.69, 9.17) is 9.47 Å². The number of aromatic nitrogens is 1. The maximum atomic E-state index is 12.1. The van der Waals surface area contributed by atoms with Crippen LogP contribution >= 0.6 is 15.9 Å². The van der Waals surface area contributed by atoms with Crippen molar-refractivity contribution in [2.24, 2.45) is 5.92 Å². The van der Waals surface area contributed by atoms with Crippen LogP contribution in [0.15, 0.2) is 28.7 Å². The fourth-order valence-corrected chi connectivity index (χ4v) is 3.47. The summed E-state index contributed by atoms with van der Waals surface area (Å²) in [5.41, 5.74) is 1.85. The normalized spacial score (nSPS) is 15.5. The van der Waals surface area contributed by atoms with E-state index in [9.17, 15) is 4.79 Å². The number of benzene rings is 1. The van der Waals surface area contributed by atoms with Crippen LogP contribution in [0.5, 0.6) is 5.75 Å². The number of carbonyl (C=O) groups excluding carboxylic acids is 1. The van der Waals surface area contributed by atoms with Gasteiger partial charge in [0.05, 0.1) is 6.61 Å². The molecule has 0 saturated carbocycles. The van der Waals surface area contributed by atoms with Gasteiger partial charge in [0.15, 0.2) is 0 Å². The molecule has 0 radical (unpaired) electrons. The SMILES string of the molecule is Cc1ccc2cc(Br)cc(OC3CCN(C(=O)OCC(C)C)CC3)c2n1. The highest BCUT2D eigenvalue weighted by Gasteiger charge is 2.25. The number of hydrogen-bond donors (Lipinski definition) is 0. The number of piperidine rings is 1. The van der Waals surface area contributed by atoms with E-state index >= 15 is 0 Å². The zero-order valence-corrected chi connectivity index (χ0v) is 17.1. The van der Waals surface area contributed by atoms with Crippen molar-refractivity contribution < 1.29 is 14.3 Å². The Hall–Kier alpha value is -1.82. The molecule has 3 rings (SSSR count). The van der Waals surface area contributed by atoms with Gasteiger partial charge in [-0.3, -0.25) is 0 Å². The van der Waals surface area contributed by atoms with Crippen LogP contribution in [-0.2, 0) is 4.74 Å². The molecule has 2 heterocycles. The number of rotatable bonds is 4. The predicted molar refractivity (Wildman–Crippen MR) is 106 cm³/mol. The lowest BCUT2D eigenvalue weighted by Gasteiger charge is -2.31. The van der Waals surface area contributed by atoms with Gasteiger partial charge in [-0.15, -0.1) is 0 Å². The van der Waals surface area contributed by atoms with Gasteiger partial charge >= 0.3 is 6.09 Å². The lowest BCUT2D eigenvalue weighted by molar-refractivity contribution is 0.0622. The predicted octanol–water partition coefficient (Wildman–Crippen LogP) is 4.94. The quantitative estimate of drug-likeness (QED) is 0.702. The number of aryl methyl sites for hydroxylation is 1. The minimum absolute atomic E-state index is 0.0731. The summed E-state index contributed by atoms with van der Waals surface area (Å²) in [6.45, 7) is 7.81. The Bertz CT molecular complexity index is 786. The summed E-state index contributed by atoms with van der Waals surface area (Å²) in [5.74, 6) is 1.14. The molecule has 0 N–H and O–H groups in total. The summed E-state index contributed by atoms with van der Waals surface area (Å²) < 4.78 is 12.5. The third kappa shape index (κ3) is 4.67. The molecule has 0 bridgehead atoms. The van der Waals surface area contributed by atoms with Gasteiger partial charge in [0, 0.05) is 41.5 Å². The Morgan fingerprint density at radius 2 is 2.04 bits per heavy atom. The van der Waals surface area contributed by atoms with Crippen molar-refractivity contribution in [3.05, 3.63) is 34.4 Å². The minimum Gasteiger partial charge on any atom is -0.488 e. The van der Waals surface area contributed by atoms with E-state index in [0.717, 1.165) is 39.7 Å². The summed E-state index contributed by atoms with van der Waals surface area (Å²) >= 11 is 3.55. The molecule has 0 spiro atoms. The number of likely N-dealkylation sites (tertiary alicyclic amines) is 1. The van der Waals surface area contributed by atoms with E-state index in [2.05, 4.69) is 27.0 Å². The molecule has 6 heteroatoms. The molecule has 0 unspecified atom stereocenters. The topological polar surface area (TPSA) is 51.7 Å². The first kappa shape index (κ1) is 19.0. The molecule has 1 aromatic carbocycles. The molecule has 1 aliphatic rings. The van der Waals surface area contributed by atoms with E-state index in [0.29, 0.717) is 25.6 Å². The minimum atomic E-state index is -0.220. The molecule has 1 amide bonds. The number of carbonyl (C=O) groups is 1. The molecular weight excluding hydrogens is 396 g/mol. The van der Waals surface area contributed by atoms with Crippen molar-refractivity contribution >= 4 is 32.9 Å². The number of pyridine rings is 1. The first-order valence-corrected chi connectivity index (χ1v) is 9.87. The maximum absolute atomic E-state index is 12.1. The summed E-state index contributed by atoms with van der Waals surface area (Å²) in [6, 6.07) is 8.07. The highest BCUT2D eigenvalue weighted by Crippen LogP contribution is 2.31. The second-order valence-electron chi connectivity index (χ2n) is 7.20. The van der Waals surface area contributed by atoms with Gasteiger partial charge in [0.25, 0.3) is 0 Å². The second kappa shape index (κ2) is 8.25. The Morgan fingerprint density at radius 3 is 2.73 bits per heavy atom. The second-order valence-corrected chi connectivity index (χ2v) is 8.12. The van der Waals surface area contributed by atoms with Gasteiger partial charge in [0.2, 0.25) is 0 Å². The summed E-state index contributed by atoms with van der Waals surface area (Å²) in [7, 11) is 0.